The Balaban J connectivity index is 2.19. The summed E-state index contributed by atoms with van der Waals surface area (Å²) in [7, 11) is 3.99. The maximum absolute atomic E-state index is 12.3. The average molecular weight is 332 g/mol. The van der Waals surface area contributed by atoms with Crippen molar-refractivity contribution in [3.8, 4) is 0 Å². The van der Waals surface area contributed by atoms with Crippen LogP contribution in [0.4, 0.5) is 0 Å². The predicted molar refractivity (Wildman–Crippen MR) is 98.4 cm³/mol. The maximum Gasteiger partial charge on any atom is 0.338 e. The number of carbonyl (C=O) groups is 1. The van der Waals surface area contributed by atoms with E-state index in [1.807, 2.05) is 47.0 Å². The second-order valence-electron chi connectivity index (χ2n) is 7.78. The Hall–Kier alpha value is -1.39. The van der Waals surface area contributed by atoms with Crippen molar-refractivity contribution in [2.75, 3.05) is 14.1 Å². The molecule has 0 heterocycles. The van der Waals surface area contributed by atoms with Crippen LogP contribution in [0.3, 0.4) is 0 Å². The molecule has 0 radical (unpaired) electrons. The molecule has 134 valence electrons. The van der Waals surface area contributed by atoms with Gasteiger partial charge in [0.2, 0.25) is 0 Å². The third-order valence-electron chi connectivity index (χ3n) is 4.72. The minimum Gasteiger partial charge on any atom is -0.456 e. The molecule has 2 N–H and O–H groups in total. The first-order valence-electron chi connectivity index (χ1n) is 9.02. The van der Waals surface area contributed by atoms with Gasteiger partial charge in [-0.1, -0.05) is 6.07 Å². The van der Waals surface area contributed by atoms with E-state index in [0.717, 1.165) is 6.54 Å². The lowest BCUT2D eigenvalue weighted by molar-refractivity contribution is 0.00694. The van der Waals surface area contributed by atoms with Gasteiger partial charge in [-0.2, -0.15) is 0 Å². The van der Waals surface area contributed by atoms with Crippen LogP contribution in [0, 0.1) is 0 Å². The normalized spacial score (nSPS) is 21.5. The van der Waals surface area contributed by atoms with Crippen molar-refractivity contribution in [1.82, 2.24) is 10.6 Å². The van der Waals surface area contributed by atoms with Crippen LogP contribution in [-0.4, -0.2) is 31.7 Å². The van der Waals surface area contributed by atoms with Gasteiger partial charge >= 0.3 is 5.97 Å². The standard InChI is InChI=1S/C20H32N2O2/c1-20(2,3)24-19(23)15-8-11-18(16(12-15)13-21-4)14-6-9-17(22-5)10-7-14/h8,11-12,14,17,21-22H,6-7,9-10,13H2,1-5H3. The van der Waals surface area contributed by atoms with E-state index >= 15 is 0 Å². The van der Waals surface area contributed by atoms with Crippen molar-refractivity contribution in [1.29, 1.82) is 0 Å². The van der Waals surface area contributed by atoms with Gasteiger partial charge in [-0.25, -0.2) is 4.79 Å². The van der Waals surface area contributed by atoms with Crippen LogP contribution in [-0.2, 0) is 11.3 Å². The molecular weight excluding hydrogens is 300 g/mol. The van der Waals surface area contributed by atoms with E-state index in [2.05, 4.69) is 16.7 Å². The highest BCUT2D eigenvalue weighted by molar-refractivity contribution is 5.90. The number of nitrogens with one attached hydrogen (secondary N) is 2. The highest BCUT2D eigenvalue weighted by atomic mass is 16.6. The minimum absolute atomic E-state index is 0.245. The largest absolute Gasteiger partial charge is 0.456 e. The molecule has 0 aliphatic heterocycles. The summed E-state index contributed by atoms with van der Waals surface area (Å²) in [5, 5.41) is 6.62. The summed E-state index contributed by atoms with van der Waals surface area (Å²) >= 11 is 0. The number of carbonyl (C=O) groups excluding carboxylic acids is 1. The second kappa shape index (κ2) is 8.13. The average Bonchev–Trinajstić information content (AvgIpc) is 2.54. The zero-order valence-electron chi connectivity index (χ0n) is 15.7. The van der Waals surface area contributed by atoms with E-state index < -0.39 is 5.60 Å². The van der Waals surface area contributed by atoms with Crippen LogP contribution < -0.4 is 10.6 Å². The SMILES string of the molecule is CNCc1cc(C(=O)OC(C)(C)C)ccc1C1CCC(NC)CC1. The molecule has 0 atom stereocenters. The van der Waals surface area contributed by atoms with E-state index in [1.165, 1.54) is 36.8 Å². The monoisotopic (exact) mass is 332 g/mol. The summed E-state index contributed by atoms with van der Waals surface area (Å²) in [4.78, 5) is 12.3. The lowest BCUT2D eigenvalue weighted by Gasteiger charge is -2.30. The van der Waals surface area contributed by atoms with E-state index in [4.69, 9.17) is 4.74 Å². The van der Waals surface area contributed by atoms with Crippen LogP contribution in [0.1, 0.15) is 73.9 Å². The van der Waals surface area contributed by atoms with Gasteiger partial charge in [0, 0.05) is 12.6 Å². The first-order chi connectivity index (χ1) is 11.3. The third kappa shape index (κ3) is 5.05. The summed E-state index contributed by atoms with van der Waals surface area (Å²) < 4.78 is 5.50. The fourth-order valence-corrected chi connectivity index (χ4v) is 3.50. The van der Waals surface area contributed by atoms with E-state index in [-0.39, 0.29) is 5.97 Å². The molecule has 0 bridgehead atoms. The molecule has 4 heteroatoms. The van der Waals surface area contributed by atoms with E-state index in [0.29, 0.717) is 17.5 Å². The van der Waals surface area contributed by atoms with Crippen LogP contribution in [0.25, 0.3) is 0 Å². The van der Waals surface area contributed by atoms with Gasteiger partial charge in [0.25, 0.3) is 0 Å². The van der Waals surface area contributed by atoms with Gasteiger partial charge in [-0.3, -0.25) is 0 Å². The summed E-state index contributed by atoms with van der Waals surface area (Å²) in [5.41, 5.74) is 2.77. The molecule has 24 heavy (non-hydrogen) atoms. The van der Waals surface area contributed by atoms with Crippen LogP contribution >= 0.6 is 0 Å². The molecule has 0 aromatic heterocycles. The lowest BCUT2D eigenvalue weighted by atomic mass is 9.79. The van der Waals surface area contributed by atoms with E-state index in [9.17, 15) is 4.79 Å². The topological polar surface area (TPSA) is 50.4 Å². The Bertz CT molecular complexity index is 555. The van der Waals surface area contributed by atoms with Crippen LogP contribution in [0.15, 0.2) is 18.2 Å². The maximum atomic E-state index is 12.3. The Labute approximate surface area is 146 Å². The molecule has 0 spiro atoms. The second-order valence-corrected chi connectivity index (χ2v) is 7.78. The first kappa shape index (κ1) is 18.9. The molecule has 2 rings (SSSR count). The van der Waals surface area contributed by atoms with Gasteiger partial charge in [-0.15, -0.1) is 0 Å². The fraction of sp³-hybridized carbons (Fsp3) is 0.650. The van der Waals surface area contributed by atoms with Crippen molar-refractivity contribution in [3.63, 3.8) is 0 Å². The minimum atomic E-state index is -0.468. The lowest BCUT2D eigenvalue weighted by Crippen LogP contribution is -2.30. The molecule has 0 saturated heterocycles. The summed E-state index contributed by atoms with van der Waals surface area (Å²) in [5.74, 6) is 0.343. The van der Waals surface area contributed by atoms with Crippen molar-refractivity contribution in [3.05, 3.63) is 34.9 Å². The molecule has 0 amide bonds. The van der Waals surface area contributed by atoms with Gasteiger partial charge < -0.3 is 15.4 Å². The highest BCUT2D eigenvalue weighted by Gasteiger charge is 2.24. The quantitative estimate of drug-likeness (QED) is 0.809. The number of ether oxygens (including phenoxy) is 1. The molecule has 1 fully saturated rings. The Kier molecular flexibility index (Phi) is 6.41. The van der Waals surface area contributed by atoms with Gasteiger partial charge in [-0.05, 0) is 89.7 Å². The summed E-state index contributed by atoms with van der Waals surface area (Å²) in [6, 6.07) is 6.71. The number of esters is 1. The van der Waals surface area contributed by atoms with E-state index in [1.54, 1.807) is 0 Å². The molecule has 1 aromatic carbocycles. The smallest absolute Gasteiger partial charge is 0.338 e. The zero-order valence-corrected chi connectivity index (χ0v) is 15.7. The van der Waals surface area contributed by atoms with Crippen molar-refractivity contribution >= 4 is 5.97 Å². The van der Waals surface area contributed by atoms with Crippen LogP contribution in [0.2, 0.25) is 0 Å². The van der Waals surface area contributed by atoms with Gasteiger partial charge in [0.1, 0.15) is 5.60 Å². The van der Waals surface area contributed by atoms with Crippen LogP contribution in [0.5, 0.6) is 0 Å². The Morgan fingerprint density at radius 1 is 1.17 bits per heavy atom. The number of hydrogen-bond donors (Lipinski definition) is 2. The number of rotatable bonds is 5. The Morgan fingerprint density at radius 2 is 1.83 bits per heavy atom. The molecule has 1 aromatic rings. The van der Waals surface area contributed by atoms with Gasteiger partial charge in [0.05, 0.1) is 5.56 Å². The summed E-state index contributed by atoms with van der Waals surface area (Å²) in [6.07, 6.45) is 4.84. The molecule has 1 saturated carbocycles. The molecule has 0 unspecified atom stereocenters. The molecular formula is C20H32N2O2. The van der Waals surface area contributed by atoms with Crippen molar-refractivity contribution < 1.29 is 9.53 Å². The van der Waals surface area contributed by atoms with Gasteiger partial charge in [0.15, 0.2) is 0 Å². The molecule has 1 aliphatic carbocycles. The predicted octanol–water partition coefficient (Wildman–Crippen LogP) is 3.61. The molecule has 1 aliphatic rings. The highest BCUT2D eigenvalue weighted by Crippen LogP contribution is 2.35. The van der Waals surface area contributed by atoms with Crippen molar-refractivity contribution in [2.45, 2.75) is 70.6 Å². The number of hydrogen-bond acceptors (Lipinski definition) is 4. The fourth-order valence-electron chi connectivity index (χ4n) is 3.50. The Morgan fingerprint density at radius 3 is 2.38 bits per heavy atom. The van der Waals surface area contributed by atoms with Crippen molar-refractivity contribution in [2.24, 2.45) is 0 Å². The summed E-state index contributed by atoms with van der Waals surface area (Å²) in [6.45, 7) is 6.47. The number of benzene rings is 1. The zero-order chi connectivity index (χ0) is 17.7. The third-order valence-corrected chi connectivity index (χ3v) is 4.72. The molecule has 4 nitrogen and oxygen atoms in total. The first-order valence-corrected chi connectivity index (χ1v) is 9.02.